The van der Waals surface area contributed by atoms with E-state index < -0.39 is 0 Å². The van der Waals surface area contributed by atoms with Gasteiger partial charge in [0, 0.05) is 26.0 Å². The zero-order valence-corrected chi connectivity index (χ0v) is 21.6. The summed E-state index contributed by atoms with van der Waals surface area (Å²) in [5.74, 6) is 2.06. The van der Waals surface area contributed by atoms with E-state index in [-0.39, 0.29) is 23.3 Å². The minimum Gasteiger partial charge on any atom is -0.377 e. The minimum atomic E-state index is -0.326. The Morgan fingerprint density at radius 3 is 1.82 bits per heavy atom. The fourth-order valence-electron chi connectivity index (χ4n) is 7.59. The van der Waals surface area contributed by atoms with E-state index in [0.717, 1.165) is 57.9 Å². The predicted octanol–water partition coefficient (Wildman–Crippen LogP) is 5.91. The zero-order chi connectivity index (χ0) is 24.2. The van der Waals surface area contributed by atoms with E-state index in [0.29, 0.717) is 24.2 Å². The summed E-state index contributed by atoms with van der Waals surface area (Å²) in [7, 11) is 2.00. The highest BCUT2D eigenvalue weighted by atomic mass is 16.5. The van der Waals surface area contributed by atoms with Gasteiger partial charge in [0.25, 0.3) is 0 Å². The first-order valence-corrected chi connectivity index (χ1v) is 14.4. The third-order valence-corrected chi connectivity index (χ3v) is 9.33. The first-order chi connectivity index (χ1) is 16.6. The molecule has 0 spiro atoms. The summed E-state index contributed by atoms with van der Waals surface area (Å²) >= 11 is 0. The van der Waals surface area contributed by atoms with Crippen LogP contribution >= 0.6 is 0 Å². The van der Waals surface area contributed by atoms with Crippen LogP contribution in [-0.4, -0.2) is 36.3 Å². The van der Waals surface area contributed by atoms with Crippen LogP contribution in [0.3, 0.4) is 0 Å². The van der Waals surface area contributed by atoms with Gasteiger partial charge in [-0.2, -0.15) is 0 Å². The van der Waals surface area contributed by atoms with Gasteiger partial charge in [0.1, 0.15) is 0 Å². The zero-order valence-electron chi connectivity index (χ0n) is 21.6. The summed E-state index contributed by atoms with van der Waals surface area (Å²) in [4.78, 5) is 23.8. The van der Waals surface area contributed by atoms with Crippen molar-refractivity contribution in [3.63, 3.8) is 0 Å². The van der Waals surface area contributed by atoms with Gasteiger partial charge in [0.2, 0.25) is 11.8 Å². The molecular formula is C28H50N2O4. The highest BCUT2D eigenvalue weighted by Gasteiger charge is 2.52. The molecule has 3 aliphatic rings. The molecule has 0 radical (unpaired) electrons. The van der Waals surface area contributed by atoms with Crippen LogP contribution < -0.4 is 10.8 Å². The second kappa shape index (κ2) is 14.4. The number of carbonyl (C=O) groups is 2. The quantitative estimate of drug-likeness (QED) is 0.185. The van der Waals surface area contributed by atoms with Crippen LogP contribution in [0.4, 0.5) is 0 Å². The lowest BCUT2D eigenvalue weighted by Gasteiger charge is -2.54. The molecule has 0 aromatic carbocycles. The number of carbonyl (C=O) groups excluding carboxylic acids is 2. The van der Waals surface area contributed by atoms with Gasteiger partial charge in [0.15, 0.2) is 0 Å². The molecule has 3 N–H and O–H groups in total. The molecule has 0 unspecified atom stereocenters. The maximum atomic E-state index is 12.8. The number of amides is 2. The van der Waals surface area contributed by atoms with Crippen LogP contribution in [-0.2, 0) is 14.3 Å². The van der Waals surface area contributed by atoms with Gasteiger partial charge in [0.05, 0.1) is 5.60 Å². The Bertz CT molecular complexity index is 588. The molecule has 0 aromatic rings. The van der Waals surface area contributed by atoms with E-state index in [1.165, 1.54) is 64.2 Å². The maximum absolute atomic E-state index is 12.8. The van der Waals surface area contributed by atoms with Crippen LogP contribution in [0.5, 0.6) is 0 Å². The topological polar surface area (TPSA) is 87.7 Å². The molecule has 0 bridgehead atoms. The van der Waals surface area contributed by atoms with E-state index in [9.17, 15) is 9.59 Å². The molecule has 0 heterocycles. The standard InChI is InChI=1S/C28H50N2O4/c1-34-28(23-12-6-4-7-13-23,24-14-8-5-9-15-24)25-19-17-22(18-20-25)27(32)29-21-11-3-2-10-16-26(31)30-33/h22-25,33H,2-21H2,1H3,(H,29,32)(H,30,31). The van der Waals surface area contributed by atoms with Crippen molar-refractivity contribution in [3.05, 3.63) is 0 Å². The Labute approximate surface area is 207 Å². The fraction of sp³-hybridized carbons (Fsp3) is 0.929. The van der Waals surface area contributed by atoms with Gasteiger partial charge < -0.3 is 10.1 Å². The summed E-state index contributed by atoms with van der Waals surface area (Å²) in [6, 6.07) is 0. The number of nitrogens with one attached hydrogen (secondary N) is 2. The van der Waals surface area contributed by atoms with Crippen molar-refractivity contribution in [2.24, 2.45) is 23.7 Å². The first kappa shape index (κ1) is 27.4. The first-order valence-electron chi connectivity index (χ1n) is 14.4. The Balaban J connectivity index is 1.46. The van der Waals surface area contributed by atoms with Gasteiger partial charge in [-0.05, 0) is 82.0 Å². The van der Waals surface area contributed by atoms with Gasteiger partial charge in [-0.15, -0.1) is 0 Å². The molecule has 6 heteroatoms. The largest absolute Gasteiger partial charge is 0.377 e. The monoisotopic (exact) mass is 478 g/mol. The Kier molecular flexibility index (Phi) is 11.6. The van der Waals surface area contributed by atoms with E-state index in [2.05, 4.69) is 5.32 Å². The van der Waals surface area contributed by atoms with E-state index in [1.807, 2.05) is 7.11 Å². The molecule has 3 rings (SSSR count). The van der Waals surface area contributed by atoms with Crippen molar-refractivity contribution in [3.8, 4) is 0 Å². The van der Waals surface area contributed by atoms with Crippen LogP contribution in [0.1, 0.15) is 122 Å². The molecule has 34 heavy (non-hydrogen) atoms. The molecule has 3 saturated carbocycles. The molecule has 3 fully saturated rings. The van der Waals surface area contributed by atoms with Crippen LogP contribution in [0.25, 0.3) is 0 Å². The molecule has 0 saturated heterocycles. The lowest BCUT2D eigenvalue weighted by Crippen LogP contribution is -2.55. The molecule has 6 nitrogen and oxygen atoms in total. The Hall–Kier alpha value is -1.14. The van der Waals surface area contributed by atoms with E-state index in [4.69, 9.17) is 9.94 Å². The van der Waals surface area contributed by atoms with E-state index in [1.54, 1.807) is 5.48 Å². The van der Waals surface area contributed by atoms with Crippen molar-refractivity contribution in [1.29, 1.82) is 0 Å². The van der Waals surface area contributed by atoms with Gasteiger partial charge in [-0.25, -0.2) is 5.48 Å². The van der Waals surface area contributed by atoms with Crippen molar-refractivity contribution in [2.45, 2.75) is 128 Å². The molecule has 3 aliphatic carbocycles. The van der Waals surface area contributed by atoms with Crippen LogP contribution in [0, 0.1) is 23.7 Å². The van der Waals surface area contributed by atoms with Crippen LogP contribution in [0.2, 0.25) is 0 Å². The lowest BCUT2D eigenvalue weighted by molar-refractivity contribution is -0.168. The highest BCUT2D eigenvalue weighted by molar-refractivity contribution is 5.78. The SMILES string of the molecule is COC(C1CCCCC1)(C1CCCCC1)C1CCC(C(=O)NCCCCCCC(=O)NO)CC1. The van der Waals surface area contributed by atoms with Crippen molar-refractivity contribution in [1.82, 2.24) is 10.8 Å². The Morgan fingerprint density at radius 1 is 0.765 bits per heavy atom. The Morgan fingerprint density at radius 2 is 1.29 bits per heavy atom. The third-order valence-electron chi connectivity index (χ3n) is 9.33. The number of rotatable bonds is 12. The number of ether oxygens (including phenoxy) is 1. The molecular weight excluding hydrogens is 428 g/mol. The second-order valence-corrected chi connectivity index (χ2v) is 11.3. The molecule has 2 amide bonds. The van der Waals surface area contributed by atoms with Crippen molar-refractivity contribution < 1.29 is 19.5 Å². The van der Waals surface area contributed by atoms with Crippen molar-refractivity contribution in [2.75, 3.05) is 13.7 Å². The van der Waals surface area contributed by atoms with Gasteiger partial charge >= 0.3 is 0 Å². The molecule has 0 aromatic heterocycles. The fourth-order valence-corrected chi connectivity index (χ4v) is 7.59. The summed E-state index contributed by atoms with van der Waals surface area (Å²) in [6.45, 7) is 0.719. The summed E-state index contributed by atoms with van der Waals surface area (Å²) in [6.07, 6.45) is 21.8. The third kappa shape index (κ3) is 7.19. The normalized spacial score (nSPS) is 25.1. The summed E-state index contributed by atoms with van der Waals surface area (Å²) in [5, 5.41) is 11.7. The van der Waals surface area contributed by atoms with Gasteiger partial charge in [-0.1, -0.05) is 51.4 Å². The molecule has 0 aliphatic heterocycles. The average molecular weight is 479 g/mol. The maximum Gasteiger partial charge on any atom is 0.243 e. The van der Waals surface area contributed by atoms with E-state index >= 15 is 0 Å². The predicted molar refractivity (Wildman–Crippen MR) is 134 cm³/mol. The molecule has 0 atom stereocenters. The summed E-state index contributed by atoms with van der Waals surface area (Å²) in [5.41, 5.74) is 1.70. The number of hydrogen-bond donors (Lipinski definition) is 3. The smallest absolute Gasteiger partial charge is 0.243 e. The van der Waals surface area contributed by atoms with Crippen molar-refractivity contribution >= 4 is 11.8 Å². The number of hydrogen-bond acceptors (Lipinski definition) is 4. The highest BCUT2D eigenvalue weighted by Crippen LogP contribution is 2.53. The van der Waals surface area contributed by atoms with Gasteiger partial charge in [-0.3, -0.25) is 14.8 Å². The average Bonchev–Trinajstić information content (AvgIpc) is 2.90. The summed E-state index contributed by atoms with van der Waals surface area (Å²) < 4.78 is 6.65. The lowest BCUT2D eigenvalue weighted by atomic mass is 9.57. The molecule has 196 valence electrons. The number of methoxy groups -OCH3 is 1. The number of hydroxylamine groups is 1. The minimum absolute atomic E-state index is 0.0369. The van der Waals surface area contributed by atoms with Crippen LogP contribution in [0.15, 0.2) is 0 Å². The second-order valence-electron chi connectivity index (χ2n) is 11.3. The number of unbranched alkanes of at least 4 members (excludes halogenated alkanes) is 3.